The standard InChI is InChI=1S/C28H20N2O5/c31-26-22-10-4-5-11-23(22)27(32)30(26)24(18-19-8-2-1-3-9-19)28(33)35-21-15-13-20(14-16-21)34-25-12-6-7-17-29-25/h1-17,24H,18H2/t24-/m1/s1. The van der Waals surface area contributed by atoms with Crippen molar-refractivity contribution in [1.82, 2.24) is 9.88 Å². The first-order valence-electron chi connectivity index (χ1n) is 11.0. The van der Waals surface area contributed by atoms with Crippen LogP contribution in [0.25, 0.3) is 0 Å². The first-order valence-corrected chi connectivity index (χ1v) is 11.0. The number of imide groups is 1. The van der Waals surface area contributed by atoms with Crippen LogP contribution in [0.4, 0.5) is 0 Å². The molecule has 0 bridgehead atoms. The SMILES string of the molecule is O=C(Oc1ccc(Oc2ccccn2)cc1)[C@@H](Cc1ccccc1)N1C(=O)c2ccccc2C1=O. The van der Waals surface area contributed by atoms with Crippen molar-refractivity contribution in [1.29, 1.82) is 0 Å². The molecule has 0 aliphatic carbocycles. The van der Waals surface area contributed by atoms with Gasteiger partial charge in [-0.2, -0.15) is 0 Å². The summed E-state index contributed by atoms with van der Waals surface area (Å²) in [5.41, 5.74) is 1.35. The minimum absolute atomic E-state index is 0.131. The van der Waals surface area contributed by atoms with Gasteiger partial charge in [0.05, 0.1) is 11.1 Å². The van der Waals surface area contributed by atoms with Crippen LogP contribution in [-0.4, -0.2) is 33.7 Å². The molecule has 172 valence electrons. The van der Waals surface area contributed by atoms with Crippen molar-refractivity contribution in [2.75, 3.05) is 0 Å². The second-order valence-electron chi connectivity index (χ2n) is 7.89. The predicted molar refractivity (Wildman–Crippen MR) is 127 cm³/mol. The Labute approximate surface area is 201 Å². The quantitative estimate of drug-likeness (QED) is 0.224. The molecule has 35 heavy (non-hydrogen) atoms. The first-order chi connectivity index (χ1) is 17.1. The van der Waals surface area contributed by atoms with Gasteiger partial charge in [0.1, 0.15) is 17.5 Å². The van der Waals surface area contributed by atoms with Crippen LogP contribution in [-0.2, 0) is 11.2 Å². The van der Waals surface area contributed by atoms with Gasteiger partial charge in [-0.1, -0.05) is 48.5 Å². The molecule has 0 saturated heterocycles. The fourth-order valence-electron chi connectivity index (χ4n) is 3.90. The Balaban J connectivity index is 1.38. The van der Waals surface area contributed by atoms with Crippen LogP contribution >= 0.6 is 0 Å². The van der Waals surface area contributed by atoms with Gasteiger partial charge in [0.2, 0.25) is 5.88 Å². The molecule has 0 fully saturated rings. The second-order valence-corrected chi connectivity index (χ2v) is 7.89. The third-order valence-corrected chi connectivity index (χ3v) is 5.58. The Morgan fingerprint density at radius 3 is 1.97 bits per heavy atom. The number of carbonyl (C=O) groups excluding carboxylic acids is 3. The van der Waals surface area contributed by atoms with Gasteiger partial charge in [-0.3, -0.25) is 14.5 Å². The molecule has 0 spiro atoms. The number of nitrogens with zero attached hydrogens (tertiary/aromatic N) is 2. The number of benzene rings is 3. The third kappa shape index (κ3) is 4.65. The highest BCUT2D eigenvalue weighted by atomic mass is 16.5. The number of fused-ring (bicyclic) bond motifs is 1. The minimum Gasteiger partial charge on any atom is -0.439 e. The van der Waals surface area contributed by atoms with Gasteiger partial charge in [0, 0.05) is 18.7 Å². The van der Waals surface area contributed by atoms with E-state index in [1.807, 2.05) is 36.4 Å². The summed E-state index contributed by atoms with van der Waals surface area (Å²) in [4.78, 5) is 44.6. The molecule has 2 heterocycles. The summed E-state index contributed by atoms with van der Waals surface area (Å²) in [5, 5.41) is 0. The molecule has 7 heteroatoms. The zero-order chi connectivity index (χ0) is 24.2. The summed E-state index contributed by atoms with van der Waals surface area (Å²) in [7, 11) is 0. The Bertz CT molecular complexity index is 1340. The van der Waals surface area contributed by atoms with Gasteiger partial charge >= 0.3 is 5.97 Å². The molecule has 7 nitrogen and oxygen atoms in total. The van der Waals surface area contributed by atoms with Crippen molar-refractivity contribution in [3.05, 3.63) is 120 Å². The summed E-state index contributed by atoms with van der Waals surface area (Å²) < 4.78 is 11.3. The van der Waals surface area contributed by atoms with E-state index in [1.54, 1.807) is 66.9 Å². The van der Waals surface area contributed by atoms with Gasteiger partial charge in [0.15, 0.2) is 0 Å². The molecule has 3 aromatic carbocycles. The maximum Gasteiger partial charge on any atom is 0.335 e. The van der Waals surface area contributed by atoms with E-state index in [2.05, 4.69) is 4.98 Å². The molecular weight excluding hydrogens is 444 g/mol. The Hall–Kier alpha value is -4.78. The summed E-state index contributed by atoms with van der Waals surface area (Å²) >= 11 is 0. The second kappa shape index (κ2) is 9.61. The van der Waals surface area contributed by atoms with Gasteiger partial charge in [0.25, 0.3) is 11.8 Å². The molecule has 1 atom stereocenters. The Morgan fingerprint density at radius 2 is 1.34 bits per heavy atom. The van der Waals surface area contributed by atoms with Crippen molar-refractivity contribution in [2.45, 2.75) is 12.5 Å². The minimum atomic E-state index is -1.13. The van der Waals surface area contributed by atoms with Gasteiger partial charge < -0.3 is 9.47 Å². The largest absolute Gasteiger partial charge is 0.439 e. The smallest absolute Gasteiger partial charge is 0.335 e. The average molecular weight is 464 g/mol. The number of aromatic nitrogens is 1. The molecule has 5 rings (SSSR count). The molecule has 1 aliphatic rings. The highest BCUT2D eigenvalue weighted by Gasteiger charge is 2.43. The Morgan fingerprint density at radius 1 is 0.743 bits per heavy atom. The van der Waals surface area contributed by atoms with E-state index < -0.39 is 23.8 Å². The molecule has 0 radical (unpaired) electrons. The van der Waals surface area contributed by atoms with Crippen LogP contribution in [0.15, 0.2) is 103 Å². The highest BCUT2D eigenvalue weighted by molar-refractivity contribution is 6.22. The number of carbonyl (C=O) groups is 3. The molecule has 0 unspecified atom stereocenters. The van der Waals surface area contributed by atoms with Crippen LogP contribution in [0.2, 0.25) is 0 Å². The summed E-state index contributed by atoms with van der Waals surface area (Å²) in [6.45, 7) is 0. The van der Waals surface area contributed by atoms with Crippen LogP contribution in [0, 0.1) is 0 Å². The van der Waals surface area contributed by atoms with E-state index in [9.17, 15) is 14.4 Å². The van der Waals surface area contributed by atoms with Crippen LogP contribution in [0.1, 0.15) is 26.3 Å². The van der Waals surface area contributed by atoms with E-state index in [4.69, 9.17) is 9.47 Å². The van der Waals surface area contributed by atoms with Crippen molar-refractivity contribution < 1.29 is 23.9 Å². The molecule has 1 aromatic heterocycles. The highest BCUT2D eigenvalue weighted by Crippen LogP contribution is 2.28. The van der Waals surface area contributed by atoms with E-state index in [0.717, 1.165) is 10.5 Å². The topological polar surface area (TPSA) is 85.8 Å². The number of esters is 1. The summed E-state index contributed by atoms with van der Waals surface area (Å²) in [6.07, 6.45) is 1.75. The lowest BCUT2D eigenvalue weighted by Gasteiger charge is -2.24. The van der Waals surface area contributed by atoms with Crippen LogP contribution in [0.5, 0.6) is 17.4 Å². The monoisotopic (exact) mass is 464 g/mol. The molecule has 1 aliphatic heterocycles. The first kappa shape index (κ1) is 22.0. The zero-order valence-corrected chi connectivity index (χ0v) is 18.5. The average Bonchev–Trinajstić information content (AvgIpc) is 3.15. The van der Waals surface area contributed by atoms with Crippen molar-refractivity contribution in [3.8, 4) is 17.4 Å². The number of hydrogen-bond donors (Lipinski definition) is 0. The fourth-order valence-corrected chi connectivity index (χ4v) is 3.90. The fraction of sp³-hybridized carbons (Fsp3) is 0.0714. The molecule has 0 N–H and O–H groups in total. The molecular formula is C28H20N2O5. The molecule has 2 amide bonds. The van der Waals surface area contributed by atoms with E-state index >= 15 is 0 Å². The molecule has 4 aromatic rings. The van der Waals surface area contributed by atoms with Crippen LogP contribution < -0.4 is 9.47 Å². The molecule has 0 saturated carbocycles. The summed E-state index contributed by atoms with van der Waals surface area (Å²) in [6, 6.07) is 26.4. The van der Waals surface area contributed by atoms with Gasteiger partial charge in [-0.15, -0.1) is 0 Å². The zero-order valence-electron chi connectivity index (χ0n) is 18.5. The number of ether oxygens (including phenoxy) is 2. The number of hydrogen-bond acceptors (Lipinski definition) is 6. The van der Waals surface area contributed by atoms with Crippen molar-refractivity contribution in [3.63, 3.8) is 0 Å². The predicted octanol–water partition coefficient (Wildman–Crippen LogP) is 4.69. The van der Waals surface area contributed by atoms with Crippen molar-refractivity contribution in [2.24, 2.45) is 0 Å². The number of rotatable bonds is 7. The lowest BCUT2D eigenvalue weighted by Crippen LogP contribution is -2.48. The number of pyridine rings is 1. The maximum absolute atomic E-state index is 13.3. The maximum atomic E-state index is 13.3. The van der Waals surface area contributed by atoms with Gasteiger partial charge in [-0.05, 0) is 48.0 Å². The van der Waals surface area contributed by atoms with E-state index in [1.165, 1.54) is 0 Å². The Kier molecular flexibility index (Phi) is 6.05. The lowest BCUT2D eigenvalue weighted by molar-refractivity contribution is -0.138. The van der Waals surface area contributed by atoms with Gasteiger partial charge in [-0.25, -0.2) is 9.78 Å². The van der Waals surface area contributed by atoms with Crippen LogP contribution in [0.3, 0.4) is 0 Å². The van der Waals surface area contributed by atoms with Crippen molar-refractivity contribution >= 4 is 17.8 Å². The van der Waals surface area contributed by atoms with E-state index in [-0.39, 0.29) is 23.3 Å². The normalized spacial score (nSPS) is 13.3. The lowest BCUT2D eigenvalue weighted by atomic mass is 10.0. The summed E-state index contributed by atoms with van der Waals surface area (Å²) in [5.74, 6) is -0.513. The third-order valence-electron chi connectivity index (χ3n) is 5.58. The number of amides is 2. The van der Waals surface area contributed by atoms with E-state index in [0.29, 0.717) is 11.6 Å².